The van der Waals surface area contributed by atoms with Gasteiger partial charge in [-0.15, -0.1) is 5.10 Å². The largest absolute Gasteiger partial charge is 0.329 e. The zero-order valence-electron chi connectivity index (χ0n) is 6.07. The lowest BCUT2D eigenvalue weighted by Gasteiger charge is -1.91. The molecule has 0 radical (unpaired) electrons. The first-order chi connectivity index (χ1) is 5.70. The van der Waals surface area contributed by atoms with Crippen molar-refractivity contribution in [2.24, 2.45) is 7.05 Å². The highest BCUT2D eigenvalue weighted by atomic mass is 32.1. The quantitative estimate of drug-likeness (QED) is 0.574. The average Bonchev–Trinajstić information content (AvgIpc) is 2.48. The summed E-state index contributed by atoms with van der Waals surface area (Å²) < 4.78 is 4.91. The minimum atomic E-state index is -0.472. The number of hydrogen-bond donors (Lipinski definition) is 1. The lowest BCUT2D eigenvalue weighted by Crippen LogP contribution is -2.31. The molecule has 0 bridgehead atoms. The number of nitrogens with zero attached hydrogens (tertiary/aromatic N) is 3. The fraction of sp³-hybridized carbons (Fsp3) is 0.200. The Hall–Kier alpha value is -1.50. The normalized spacial score (nSPS) is 10.8. The van der Waals surface area contributed by atoms with E-state index in [4.69, 9.17) is 0 Å². The highest BCUT2D eigenvalue weighted by Crippen LogP contribution is 2.03. The summed E-state index contributed by atoms with van der Waals surface area (Å²) in [5.74, 6) is 0. The predicted molar refractivity (Wildman–Crippen MR) is 43.3 cm³/mol. The summed E-state index contributed by atoms with van der Waals surface area (Å²) in [6, 6.07) is 0. The van der Waals surface area contributed by atoms with Crippen molar-refractivity contribution in [2.75, 3.05) is 0 Å². The van der Waals surface area contributed by atoms with Gasteiger partial charge in [-0.1, -0.05) is 4.49 Å². The van der Waals surface area contributed by atoms with Gasteiger partial charge in [0.1, 0.15) is 0 Å². The van der Waals surface area contributed by atoms with Gasteiger partial charge in [-0.05, 0) is 11.5 Å². The molecule has 2 heterocycles. The van der Waals surface area contributed by atoms with Gasteiger partial charge in [0, 0.05) is 7.05 Å². The number of aromatic nitrogens is 4. The number of rotatable bonds is 0. The van der Waals surface area contributed by atoms with Gasteiger partial charge in [-0.2, -0.15) is 0 Å². The van der Waals surface area contributed by atoms with Gasteiger partial charge in [0.15, 0.2) is 10.3 Å². The van der Waals surface area contributed by atoms with Gasteiger partial charge in [-0.25, -0.2) is 4.79 Å². The minimum Gasteiger partial charge on any atom is -0.289 e. The van der Waals surface area contributed by atoms with Crippen LogP contribution in [-0.4, -0.2) is 19.1 Å². The Kier molecular flexibility index (Phi) is 1.34. The van der Waals surface area contributed by atoms with E-state index >= 15 is 0 Å². The van der Waals surface area contributed by atoms with Crippen LogP contribution in [0.25, 0.3) is 10.3 Å². The van der Waals surface area contributed by atoms with E-state index in [1.165, 1.54) is 7.05 Å². The molecule has 1 N–H and O–H groups in total. The van der Waals surface area contributed by atoms with Gasteiger partial charge >= 0.3 is 5.69 Å². The van der Waals surface area contributed by atoms with Crippen molar-refractivity contribution in [3.63, 3.8) is 0 Å². The molecule has 2 aromatic rings. The van der Waals surface area contributed by atoms with Crippen molar-refractivity contribution in [3.05, 3.63) is 20.8 Å². The topological polar surface area (TPSA) is 80.6 Å². The second-order valence-electron chi connectivity index (χ2n) is 2.24. The van der Waals surface area contributed by atoms with E-state index in [9.17, 15) is 9.59 Å². The number of hydrogen-bond acceptors (Lipinski definition) is 5. The fourth-order valence-corrected chi connectivity index (χ4v) is 1.44. The molecule has 62 valence electrons. The summed E-state index contributed by atoms with van der Waals surface area (Å²) in [6.45, 7) is 0. The Morgan fingerprint density at radius 2 is 2.25 bits per heavy atom. The molecular formula is C5H4N4O2S. The third-order valence-corrected chi connectivity index (χ3v) is 2.23. The lowest BCUT2D eigenvalue weighted by atomic mass is 10.6. The highest BCUT2D eigenvalue weighted by molar-refractivity contribution is 7.12. The summed E-state index contributed by atoms with van der Waals surface area (Å²) in [5, 5.41) is 3.58. The molecule has 0 atom stereocenters. The molecule has 0 saturated carbocycles. The van der Waals surface area contributed by atoms with Crippen LogP contribution in [0, 0.1) is 0 Å². The average molecular weight is 184 g/mol. The Morgan fingerprint density at radius 1 is 1.50 bits per heavy atom. The van der Waals surface area contributed by atoms with Crippen LogP contribution in [0.5, 0.6) is 0 Å². The smallest absolute Gasteiger partial charge is 0.289 e. The van der Waals surface area contributed by atoms with Crippen LogP contribution >= 0.6 is 11.5 Å². The van der Waals surface area contributed by atoms with Crippen molar-refractivity contribution in [3.8, 4) is 0 Å². The molecule has 0 saturated heterocycles. The summed E-state index contributed by atoms with van der Waals surface area (Å²) in [5.41, 5.74) is -0.572. The molecule has 0 unspecified atom stereocenters. The van der Waals surface area contributed by atoms with Crippen molar-refractivity contribution >= 4 is 21.9 Å². The van der Waals surface area contributed by atoms with Gasteiger partial charge in [0.2, 0.25) is 0 Å². The van der Waals surface area contributed by atoms with Crippen LogP contribution in [0.2, 0.25) is 0 Å². The molecule has 2 rings (SSSR count). The molecular weight excluding hydrogens is 180 g/mol. The van der Waals surface area contributed by atoms with Gasteiger partial charge in [0.25, 0.3) is 5.56 Å². The number of aromatic amines is 1. The molecule has 0 fully saturated rings. The molecule has 0 amide bonds. The molecule has 6 nitrogen and oxygen atoms in total. The first kappa shape index (κ1) is 7.17. The van der Waals surface area contributed by atoms with Crippen LogP contribution in [0.1, 0.15) is 0 Å². The Bertz CT molecular complexity index is 536. The molecule has 0 aliphatic carbocycles. The zero-order chi connectivity index (χ0) is 8.72. The molecule has 0 aliphatic heterocycles. The van der Waals surface area contributed by atoms with Crippen LogP contribution in [-0.2, 0) is 7.05 Å². The molecule has 0 aromatic carbocycles. The Balaban J connectivity index is 3.16. The van der Waals surface area contributed by atoms with Gasteiger partial charge in [0.05, 0.1) is 0 Å². The van der Waals surface area contributed by atoms with Gasteiger partial charge in [-0.3, -0.25) is 14.3 Å². The molecule has 2 aromatic heterocycles. The van der Waals surface area contributed by atoms with E-state index in [1.807, 2.05) is 0 Å². The van der Waals surface area contributed by atoms with Crippen LogP contribution in [0.15, 0.2) is 9.59 Å². The maximum absolute atomic E-state index is 11.3. The maximum Gasteiger partial charge on any atom is 0.329 e. The Labute approximate surface area is 69.6 Å². The van der Waals surface area contributed by atoms with E-state index in [-0.39, 0.29) is 11.2 Å². The summed E-state index contributed by atoms with van der Waals surface area (Å²) in [7, 11) is 1.40. The first-order valence-corrected chi connectivity index (χ1v) is 3.89. The number of nitrogens with one attached hydrogen (secondary N) is 1. The lowest BCUT2D eigenvalue weighted by molar-refractivity contribution is 0.792. The van der Waals surface area contributed by atoms with E-state index in [0.717, 1.165) is 16.1 Å². The Morgan fingerprint density at radius 3 is 3.00 bits per heavy atom. The fourth-order valence-electron chi connectivity index (χ4n) is 0.842. The van der Waals surface area contributed by atoms with Crippen molar-refractivity contribution in [1.29, 1.82) is 0 Å². The zero-order valence-corrected chi connectivity index (χ0v) is 6.88. The second kappa shape index (κ2) is 2.24. The van der Waals surface area contributed by atoms with E-state index < -0.39 is 5.69 Å². The number of H-pyrrole nitrogens is 1. The summed E-state index contributed by atoms with van der Waals surface area (Å²) in [6.07, 6.45) is 0. The van der Waals surface area contributed by atoms with Crippen LogP contribution < -0.4 is 11.2 Å². The third-order valence-electron chi connectivity index (χ3n) is 1.52. The molecule has 12 heavy (non-hydrogen) atoms. The number of fused-ring (bicyclic) bond motifs is 1. The minimum absolute atomic E-state index is 0.258. The summed E-state index contributed by atoms with van der Waals surface area (Å²) >= 11 is 0.972. The third kappa shape index (κ3) is 0.797. The molecule has 0 spiro atoms. The monoisotopic (exact) mass is 184 g/mol. The highest BCUT2D eigenvalue weighted by Gasteiger charge is 2.06. The van der Waals surface area contributed by atoms with E-state index in [0.29, 0.717) is 4.70 Å². The maximum atomic E-state index is 11.3. The van der Waals surface area contributed by atoms with Crippen molar-refractivity contribution in [1.82, 2.24) is 19.1 Å². The van der Waals surface area contributed by atoms with Gasteiger partial charge < -0.3 is 0 Å². The second-order valence-corrected chi connectivity index (χ2v) is 3.00. The molecule has 0 aliphatic rings. The van der Waals surface area contributed by atoms with Crippen LogP contribution in [0.4, 0.5) is 0 Å². The molecule has 7 heteroatoms. The van der Waals surface area contributed by atoms with E-state index in [1.54, 1.807) is 0 Å². The van der Waals surface area contributed by atoms with E-state index in [2.05, 4.69) is 14.6 Å². The van der Waals surface area contributed by atoms with Crippen LogP contribution in [0.3, 0.4) is 0 Å². The SMILES string of the molecule is Cn1c(=O)[nH]c2nnsc2c1=O. The standard InChI is InChI=1S/C5H4N4O2S/c1-9-4(10)2-3(6-5(9)11)7-8-12-2/h1H3,(H,6,11). The first-order valence-electron chi connectivity index (χ1n) is 3.11. The summed E-state index contributed by atoms with van der Waals surface area (Å²) in [4.78, 5) is 24.7. The van der Waals surface area contributed by atoms with Crippen molar-refractivity contribution in [2.45, 2.75) is 0 Å². The van der Waals surface area contributed by atoms with Crippen molar-refractivity contribution < 1.29 is 0 Å². The predicted octanol–water partition coefficient (Wildman–Crippen LogP) is -0.922.